The van der Waals surface area contributed by atoms with Crippen LogP contribution in [0.1, 0.15) is 25.7 Å². The Morgan fingerprint density at radius 3 is 2.50 bits per heavy atom. The summed E-state index contributed by atoms with van der Waals surface area (Å²) in [6.07, 6.45) is 6.90. The van der Waals surface area contributed by atoms with Crippen molar-refractivity contribution in [3.8, 4) is 16.9 Å². The van der Waals surface area contributed by atoms with Gasteiger partial charge in [-0.1, -0.05) is 17.3 Å². The van der Waals surface area contributed by atoms with Crippen molar-refractivity contribution in [3.63, 3.8) is 0 Å². The van der Waals surface area contributed by atoms with E-state index >= 15 is 0 Å². The van der Waals surface area contributed by atoms with Gasteiger partial charge in [0.2, 0.25) is 5.88 Å². The van der Waals surface area contributed by atoms with Gasteiger partial charge < -0.3 is 15.0 Å². The van der Waals surface area contributed by atoms with Crippen LogP contribution in [0.2, 0.25) is 0 Å². The molecule has 18 heavy (non-hydrogen) atoms. The SMILES string of the molecule is Nc1oncc1-c1ccc(OC2CCCC2)cc1. The normalized spacial score (nSPS) is 16.0. The van der Waals surface area contributed by atoms with E-state index in [1.54, 1.807) is 6.20 Å². The molecule has 1 aromatic heterocycles. The van der Waals surface area contributed by atoms with Crippen LogP contribution < -0.4 is 10.5 Å². The van der Waals surface area contributed by atoms with Crippen LogP contribution in [0.15, 0.2) is 35.0 Å². The predicted octanol–water partition coefficient (Wildman–Crippen LogP) is 3.25. The molecule has 0 radical (unpaired) electrons. The van der Waals surface area contributed by atoms with Gasteiger partial charge in [-0.05, 0) is 43.4 Å². The third-order valence-electron chi connectivity index (χ3n) is 3.37. The summed E-state index contributed by atoms with van der Waals surface area (Å²) in [5.74, 6) is 1.26. The summed E-state index contributed by atoms with van der Waals surface area (Å²) in [5, 5.41) is 3.67. The first kappa shape index (κ1) is 11.1. The van der Waals surface area contributed by atoms with Crippen LogP contribution in [0.5, 0.6) is 5.75 Å². The molecule has 2 aromatic rings. The maximum atomic E-state index is 5.91. The molecule has 2 N–H and O–H groups in total. The minimum absolute atomic E-state index is 0.347. The van der Waals surface area contributed by atoms with Crippen molar-refractivity contribution in [2.45, 2.75) is 31.8 Å². The molecule has 0 bridgehead atoms. The van der Waals surface area contributed by atoms with E-state index in [2.05, 4.69) is 5.16 Å². The van der Waals surface area contributed by atoms with Crippen molar-refractivity contribution >= 4 is 5.88 Å². The molecule has 1 saturated carbocycles. The second-order valence-corrected chi connectivity index (χ2v) is 4.65. The topological polar surface area (TPSA) is 61.3 Å². The van der Waals surface area contributed by atoms with E-state index in [4.69, 9.17) is 15.0 Å². The number of ether oxygens (including phenoxy) is 1. The number of anilines is 1. The molecule has 0 amide bonds. The Morgan fingerprint density at radius 2 is 1.89 bits per heavy atom. The minimum Gasteiger partial charge on any atom is -0.490 e. The van der Waals surface area contributed by atoms with Gasteiger partial charge in [-0.3, -0.25) is 0 Å². The number of aromatic nitrogens is 1. The van der Waals surface area contributed by atoms with Crippen LogP contribution in [0.4, 0.5) is 5.88 Å². The maximum Gasteiger partial charge on any atom is 0.229 e. The third-order valence-corrected chi connectivity index (χ3v) is 3.37. The van der Waals surface area contributed by atoms with E-state index in [1.807, 2.05) is 24.3 Å². The number of hydrogen-bond acceptors (Lipinski definition) is 4. The molecule has 3 rings (SSSR count). The Hall–Kier alpha value is -1.97. The van der Waals surface area contributed by atoms with Crippen LogP contribution in [0, 0.1) is 0 Å². The first-order chi connectivity index (χ1) is 8.83. The first-order valence-electron chi connectivity index (χ1n) is 6.30. The fraction of sp³-hybridized carbons (Fsp3) is 0.357. The van der Waals surface area contributed by atoms with Gasteiger partial charge in [-0.15, -0.1) is 0 Å². The Kier molecular flexibility index (Phi) is 2.92. The Morgan fingerprint density at radius 1 is 1.17 bits per heavy atom. The average molecular weight is 244 g/mol. The summed E-state index contributed by atoms with van der Waals surface area (Å²) in [6, 6.07) is 7.90. The Balaban J connectivity index is 1.74. The van der Waals surface area contributed by atoms with Gasteiger partial charge >= 0.3 is 0 Å². The van der Waals surface area contributed by atoms with Crippen LogP contribution in [0.25, 0.3) is 11.1 Å². The van der Waals surface area contributed by atoms with Crippen molar-refractivity contribution < 1.29 is 9.26 Å². The lowest BCUT2D eigenvalue weighted by Crippen LogP contribution is -2.10. The molecule has 0 spiro atoms. The first-order valence-corrected chi connectivity index (χ1v) is 6.30. The summed E-state index contributed by atoms with van der Waals surface area (Å²) in [7, 11) is 0. The van der Waals surface area contributed by atoms with E-state index in [0.717, 1.165) is 16.9 Å². The lowest BCUT2D eigenvalue weighted by Gasteiger charge is -2.13. The lowest BCUT2D eigenvalue weighted by molar-refractivity contribution is 0.210. The molecule has 0 saturated heterocycles. The van der Waals surface area contributed by atoms with Crippen molar-refractivity contribution in [2.24, 2.45) is 0 Å². The molecule has 0 aliphatic heterocycles. The molecule has 0 unspecified atom stereocenters. The number of hydrogen-bond donors (Lipinski definition) is 1. The summed E-state index contributed by atoms with van der Waals surface area (Å²) in [5.41, 5.74) is 7.50. The highest BCUT2D eigenvalue weighted by Gasteiger charge is 2.16. The number of benzene rings is 1. The molecule has 4 nitrogen and oxygen atoms in total. The van der Waals surface area contributed by atoms with Gasteiger partial charge in [0.25, 0.3) is 0 Å². The lowest BCUT2D eigenvalue weighted by atomic mass is 10.1. The highest BCUT2D eigenvalue weighted by molar-refractivity contribution is 5.72. The third kappa shape index (κ3) is 2.18. The van der Waals surface area contributed by atoms with E-state index in [1.165, 1.54) is 25.7 Å². The average Bonchev–Trinajstić information content (AvgIpc) is 3.02. The smallest absolute Gasteiger partial charge is 0.229 e. The van der Waals surface area contributed by atoms with Gasteiger partial charge in [-0.25, -0.2) is 0 Å². The van der Waals surface area contributed by atoms with Crippen LogP contribution >= 0.6 is 0 Å². The zero-order valence-electron chi connectivity index (χ0n) is 10.1. The van der Waals surface area contributed by atoms with Gasteiger partial charge in [0.05, 0.1) is 17.9 Å². The molecule has 0 atom stereocenters. The van der Waals surface area contributed by atoms with E-state index in [9.17, 15) is 0 Å². The van der Waals surface area contributed by atoms with Crippen LogP contribution in [-0.2, 0) is 0 Å². The molecular formula is C14H16N2O2. The highest BCUT2D eigenvalue weighted by atomic mass is 16.5. The highest BCUT2D eigenvalue weighted by Crippen LogP contribution is 2.29. The molecule has 1 fully saturated rings. The molecule has 1 aliphatic rings. The molecular weight excluding hydrogens is 228 g/mol. The number of nitrogen functional groups attached to an aromatic ring is 1. The van der Waals surface area contributed by atoms with E-state index < -0.39 is 0 Å². The van der Waals surface area contributed by atoms with Gasteiger partial charge in [-0.2, -0.15) is 0 Å². The van der Waals surface area contributed by atoms with Crippen molar-refractivity contribution in [1.82, 2.24) is 5.16 Å². The Labute approximate surface area is 106 Å². The van der Waals surface area contributed by atoms with Gasteiger partial charge in [0, 0.05) is 0 Å². The number of nitrogens with zero attached hydrogens (tertiary/aromatic N) is 1. The van der Waals surface area contributed by atoms with Gasteiger partial charge in [0.15, 0.2) is 0 Å². The monoisotopic (exact) mass is 244 g/mol. The van der Waals surface area contributed by atoms with Crippen molar-refractivity contribution in [3.05, 3.63) is 30.5 Å². The zero-order chi connectivity index (χ0) is 12.4. The molecule has 1 aliphatic carbocycles. The number of rotatable bonds is 3. The molecule has 1 aromatic carbocycles. The second kappa shape index (κ2) is 4.72. The van der Waals surface area contributed by atoms with Crippen LogP contribution in [-0.4, -0.2) is 11.3 Å². The van der Waals surface area contributed by atoms with Gasteiger partial charge in [0.1, 0.15) is 5.75 Å². The quantitative estimate of drug-likeness (QED) is 0.900. The van der Waals surface area contributed by atoms with Crippen LogP contribution in [0.3, 0.4) is 0 Å². The van der Waals surface area contributed by atoms with Crippen molar-refractivity contribution in [2.75, 3.05) is 5.73 Å². The second-order valence-electron chi connectivity index (χ2n) is 4.65. The largest absolute Gasteiger partial charge is 0.490 e. The van der Waals surface area contributed by atoms with Crippen molar-refractivity contribution in [1.29, 1.82) is 0 Å². The standard InChI is InChI=1S/C14H16N2O2/c15-14-13(9-16-18-14)10-5-7-12(8-6-10)17-11-3-1-2-4-11/h5-9,11H,1-4,15H2. The maximum absolute atomic E-state index is 5.91. The fourth-order valence-corrected chi connectivity index (χ4v) is 2.38. The molecule has 1 heterocycles. The Bertz CT molecular complexity index is 513. The summed E-state index contributed by atoms with van der Waals surface area (Å²) < 4.78 is 10.8. The number of nitrogens with two attached hydrogens (primary N) is 1. The molecule has 94 valence electrons. The zero-order valence-corrected chi connectivity index (χ0v) is 10.1. The molecule has 4 heteroatoms. The van der Waals surface area contributed by atoms with E-state index in [0.29, 0.717) is 12.0 Å². The predicted molar refractivity (Wildman–Crippen MR) is 69.2 cm³/mol. The fourth-order valence-electron chi connectivity index (χ4n) is 2.38. The minimum atomic E-state index is 0.347. The van der Waals surface area contributed by atoms with E-state index in [-0.39, 0.29) is 0 Å². The summed E-state index contributed by atoms with van der Waals surface area (Å²) in [6.45, 7) is 0. The summed E-state index contributed by atoms with van der Waals surface area (Å²) >= 11 is 0. The summed E-state index contributed by atoms with van der Waals surface area (Å²) in [4.78, 5) is 0.